The van der Waals surface area contributed by atoms with E-state index in [1.54, 1.807) is 24.3 Å². The van der Waals surface area contributed by atoms with E-state index in [1.165, 1.54) is 16.8 Å². The number of amides is 2. The largest absolute Gasteiger partial charge is 0.483 e. The van der Waals surface area contributed by atoms with Gasteiger partial charge in [0.2, 0.25) is 0 Å². The molecule has 0 bridgehead atoms. The van der Waals surface area contributed by atoms with Gasteiger partial charge in [0, 0.05) is 17.3 Å². The van der Waals surface area contributed by atoms with Gasteiger partial charge in [0.15, 0.2) is 6.61 Å². The zero-order valence-electron chi connectivity index (χ0n) is 13.8. The maximum atomic E-state index is 11.8. The summed E-state index contributed by atoms with van der Waals surface area (Å²) in [6.45, 7) is 3.18. The number of carbonyl (C=O) groups is 2. The van der Waals surface area contributed by atoms with Crippen molar-refractivity contribution in [3.05, 3.63) is 63.0 Å². The van der Waals surface area contributed by atoms with E-state index in [9.17, 15) is 14.4 Å². The number of hydrazine groups is 1. The van der Waals surface area contributed by atoms with Crippen molar-refractivity contribution >= 4 is 23.4 Å². The van der Waals surface area contributed by atoms with Crippen LogP contribution in [-0.2, 0) is 16.1 Å². The number of benzene rings is 1. The van der Waals surface area contributed by atoms with Gasteiger partial charge in [-0.3, -0.25) is 25.2 Å². The van der Waals surface area contributed by atoms with E-state index in [-0.39, 0.29) is 18.7 Å². The van der Waals surface area contributed by atoms with Crippen molar-refractivity contribution in [3.8, 4) is 5.75 Å². The Balaban J connectivity index is 1.82. The minimum atomic E-state index is -0.527. The lowest BCUT2D eigenvalue weighted by Gasteiger charge is -2.13. The Morgan fingerprint density at radius 3 is 2.40 bits per heavy atom. The molecule has 0 atom stereocenters. The molecule has 132 valence electrons. The number of pyridine rings is 1. The quantitative estimate of drug-likeness (QED) is 0.785. The van der Waals surface area contributed by atoms with E-state index < -0.39 is 11.8 Å². The fraction of sp³-hybridized carbons (Fsp3) is 0.235. The molecule has 0 radical (unpaired) electrons. The minimum Gasteiger partial charge on any atom is -0.483 e. The molecule has 1 heterocycles. The molecule has 0 aliphatic rings. The number of hydrogen-bond acceptors (Lipinski definition) is 4. The van der Waals surface area contributed by atoms with Crippen molar-refractivity contribution in [2.45, 2.75) is 20.4 Å². The summed E-state index contributed by atoms with van der Waals surface area (Å²) in [4.78, 5) is 35.0. The lowest BCUT2D eigenvalue weighted by atomic mass is 10.1. The van der Waals surface area contributed by atoms with E-state index in [0.717, 1.165) is 11.1 Å². The van der Waals surface area contributed by atoms with E-state index in [1.807, 2.05) is 13.8 Å². The van der Waals surface area contributed by atoms with E-state index in [0.29, 0.717) is 10.8 Å². The molecule has 1 aromatic heterocycles. The highest BCUT2D eigenvalue weighted by molar-refractivity contribution is 6.30. The molecule has 2 rings (SSSR count). The molecule has 2 amide bonds. The first kappa shape index (κ1) is 18.5. The van der Waals surface area contributed by atoms with Crippen LogP contribution < -0.4 is 21.1 Å². The highest BCUT2D eigenvalue weighted by Gasteiger charge is 2.10. The van der Waals surface area contributed by atoms with Gasteiger partial charge in [-0.15, -0.1) is 0 Å². The van der Waals surface area contributed by atoms with Crippen LogP contribution >= 0.6 is 11.6 Å². The molecule has 0 aliphatic heterocycles. The number of ether oxygens (including phenoxy) is 1. The van der Waals surface area contributed by atoms with Crippen molar-refractivity contribution in [1.29, 1.82) is 0 Å². The standard InChI is InChI=1S/C17H18ClN3O4/c1-11-7-13(18)8-12(2)17(11)25-10-15(23)20-19-14(22)9-21-6-4-3-5-16(21)24/h3-8H,9-10H2,1-2H3,(H,19,22)(H,20,23). The number of aromatic nitrogens is 1. The predicted octanol–water partition coefficient (Wildman–Crippen LogP) is 1.34. The zero-order valence-corrected chi connectivity index (χ0v) is 14.6. The average Bonchev–Trinajstić information content (AvgIpc) is 2.54. The van der Waals surface area contributed by atoms with Crippen LogP contribution in [0, 0.1) is 13.8 Å². The van der Waals surface area contributed by atoms with Crippen LogP contribution in [0.3, 0.4) is 0 Å². The van der Waals surface area contributed by atoms with Crippen LogP contribution in [0.1, 0.15) is 11.1 Å². The predicted molar refractivity (Wildman–Crippen MR) is 93.4 cm³/mol. The molecule has 25 heavy (non-hydrogen) atoms. The first-order valence-electron chi connectivity index (χ1n) is 7.49. The van der Waals surface area contributed by atoms with Gasteiger partial charge in [0.25, 0.3) is 17.4 Å². The summed E-state index contributed by atoms with van der Waals surface area (Å²) >= 11 is 5.94. The number of aryl methyl sites for hydroxylation is 2. The SMILES string of the molecule is Cc1cc(Cl)cc(C)c1OCC(=O)NNC(=O)Cn1ccccc1=O. The normalized spacial score (nSPS) is 10.2. The number of rotatable bonds is 5. The Kier molecular flexibility index (Phi) is 6.19. The summed E-state index contributed by atoms with van der Waals surface area (Å²) in [5, 5.41) is 0.593. The number of carbonyl (C=O) groups excluding carboxylic acids is 2. The van der Waals surface area contributed by atoms with Gasteiger partial charge in [-0.05, 0) is 43.2 Å². The van der Waals surface area contributed by atoms with Crippen LogP contribution in [0.15, 0.2) is 41.3 Å². The summed E-state index contributed by atoms with van der Waals surface area (Å²) in [5.74, 6) is -0.482. The first-order chi connectivity index (χ1) is 11.9. The molecule has 7 nitrogen and oxygen atoms in total. The van der Waals surface area contributed by atoms with Crippen LogP contribution in [-0.4, -0.2) is 23.0 Å². The third-order valence-corrected chi connectivity index (χ3v) is 3.55. The summed E-state index contributed by atoms with van der Waals surface area (Å²) in [6, 6.07) is 8.04. The molecule has 1 aromatic carbocycles. The Morgan fingerprint density at radius 2 is 1.76 bits per heavy atom. The molecule has 0 spiro atoms. The van der Waals surface area contributed by atoms with Crippen LogP contribution in [0.25, 0.3) is 0 Å². The summed E-state index contributed by atoms with van der Waals surface area (Å²) in [6.07, 6.45) is 1.49. The first-order valence-corrected chi connectivity index (χ1v) is 7.87. The molecule has 0 fully saturated rings. The highest BCUT2D eigenvalue weighted by atomic mass is 35.5. The number of nitrogens with one attached hydrogen (secondary N) is 2. The second kappa shape index (κ2) is 8.34. The van der Waals surface area contributed by atoms with Gasteiger partial charge in [-0.25, -0.2) is 0 Å². The third kappa shape index (κ3) is 5.36. The molecule has 0 saturated heterocycles. The van der Waals surface area contributed by atoms with Gasteiger partial charge < -0.3 is 9.30 Å². The van der Waals surface area contributed by atoms with Crippen LogP contribution in [0.4, 0.5) is 0 Å². The van der Waals surface area contributed by atoms with Crippen molar-refractivity contribution < 1.29 is 14.3 Å². The fourth-order valence-electron chi connectivity index (χ4n) is 2.22. The number of hydrogen-bond donors (Lipinski definition) is 2. The lowest BCUT2D eigenvalue weighted by molar-refractivity contribution is -0.130. The van der Waals surface area contributed by atoms with Crippen LogP contribution in [0.5, 0.6) is 5.75 Å². The summed E-state index contributed by atoms with van der Waals surface area (Å²) in [5.41, 5.74) is 5.79. The monoisotopic (exact) mass is 363 g/mol. The maximum absolute atomic E-state index is 11.8. The number of halogens is 1. The molecular formula is C17H18ClN3O4. The summed E-state index contributed by atoms with van der Waals surface area (Å²) in [7, 11) is 0. The second-order valence-electron chi connectivity index (χ2n) is 5.42. The molecule has 2 aromatic rings. The second-order valence-corrected chi connectivity index (χ2v) is 5.86. The Labute approximate surface area is 149 Å². The maximum Gasteiger partial charge on any atom is 0.276 e. The Hall–Kier alpha value is -2.80. The van der Waals surface area contributed by atoms with E-state index >= 15 is 0 Å². The molecule has 2 N–H and O–H groups in total. The highest BCUT2D eigenvalue weighted by Crippen LogP contribution is 2.26. The van der Waals surface area contributed by atoms with E-state index in [4.69, 9.17) is 16.3 Å². The van der Waals surface area contributed by atoms with E-state index in [2.05, 4.69) is 10.9 Å². The topological polar surface area (TPSA) is 89.4 Å². The zero-order chi connectivity index (χ0) is 18.4. The van der Waals surface area contributed by atoms with Gasteiger partial charge in [-0.2, -0.15) is 0 Å². The van der Waals surface area contributed by atoms with Crippen molar-refractivity contribution in [2.75, 3.05) is 6.61 Å². The minimum absolute atomic E-state index is 0.198. The van der Waals surface area contributed by atoms with Crippen molar-refractivity contribution in [1.82, 2.24) is 15.4 Å². The van der Waals surface area contributed by atoms with Crippen molar-refractivity contribution in [3.63, 3.8) is 0 Å². The lowest BCUT2D eigenvalue weighted by Crippen LogP contribution is -2.45. The molecular weight excluding hydrogens is 346 g/mol. The Bertz CT molecular complexity index is 825. The fourth-order valence-corrected chi connectivity index (χ4v) is 2.55. The summed E-state index contributed by atoms with van der Waals surface area (Å²) < 4.78 is 6.70. The van der Waals surface area contributed by atoms with Gasteiger partial charge in [0.1, 0.15) is 12.3 Å². The van der Waals surface area contributed by atoms with Crippen molar-refractivity contribution in [2.24, 2.45) is 0 Å². The van der Waals surface area contributed by atoms with Gasteiger partial charge in [-0.1, -0.05) is 17.7 Å². The van der Waals surface area contributed by atoms with Crippen LogP contribution in [0.2, 0.25) is 5.02 Å². The van der Waals surface area contributed by atoms with Gasteiger partial charge in [0.05, 0.1) is 0 Å². The van der Waals surface area contributed by atoms with Gasteiger partial charge >= 0.3 is 0 Å². The third-order valence-electron chi connectivity index (χ3n) is 3.33. The molecule has 8 heteroatoms. The Morgan fingerprint density at radius 1 is 1.12 bits per heavy atom. The number of nitrogens with zero attached hydrogens (tertiary/aromatic N) is 1. The molecule has 0 unspecified atom stereocenters. The molecule has 0 aliphatic carbocycles. The smallest absolute Gasteiger partial charge is 0.276 e. The average molecular weight is 364 g/mol. The molecule has 0 saturated carbocycles.